The van der Waals surface area contributed by atoms with E-state index in [2.05, 4.69) is 4.74 Å². The first-order valence-corrected chi connectivity index (χ1v) is 5.18. The number of aliphatic hydroxyl groups excluding tert-OH is 1. The van der Waals surface area contributed by atoms with Crippen molar-refractivity contribution in [1.29, 1.82) is 0 Å². The van der Waals surface area contributed by atoms with Crippen LogP contribution in [0.2, 0.25) is 0 Å². The quantitative estimate of drug-likeness (QED) is 0.636. The molecule has 0 aliphatic heterocycles. The summed E-state index contributed by atoms with van der Waals surface area (Å²) in [6, 6.07) is 5.41. The third-order valence-corrected chi connectivity index (χ3v) is 2.44. The molecule has 1 N–H and O–H groups in total. The maximum absolute atomic E-state index is 11.6. The minimum Gasteiger partial charge on any atom is -0.497 e. The highest BCUT2D eigenvalue weighted by Crippen LogP contribution is 2.24. The van der Waals surface area contributed by atoms with E-state index < -0.39 is 5.97 Å². The molecule has 0 atom stereocenters. The summed E-state index contributed by atoms with van der Waals surface area (Å²) >= 11 is 0. The van der Waals surface area contributed by atoms with Gasteiger partial charge in [-0.3, -0.25) is 0 Å². The van der Waals surface area contributed by atoms with Gasteiger partial charge in [-0.25, -0.2) is 4.79 Å². The van der Waals surface area contributed by atoms with Crippen molar-refractivity contribution in [1.82, 2.24) is 0 Å². The molecule has 0 saturated carbocycles. The molecule has 0 amide bonds. The molecule has 0 aromatic heterocycles. The molecular formula is C13H16O4. The van der Waals surface area contributed by atoms with Gasteiger partial charge in [-0.2, -0.15) is 0 Å². The first kappa shape index (κ1) is 13.3. The van der Waals surface area contributed by atoms with E-state index >= 15 is 0 Å². The van der Waals surface area contributed by atoms with E-state index in [4.69, 9.17) is 9.84 Å². The van der Waals surface area contributed by atoms with E-state index in [0.29, 0.717) is 16.9 Å². The molecule has 0 saturated heterocycles. The van der Waals surface area contributed by atoms with Crippen LogP contribution in [0.3, 0.4) is 0 Å². The molecule has 0 aliphatic rings. The predicted octanol–water partition coefficient (Wildman–Crippen LogP) is 1.55. The summed E-state index contributed by atoms with van der Waals surface area (Å²) in [7, 11) is 2.87. The van der Waals surface area contributed by atoms with Crippen molar-refractivity contribution >= 4 is 11.5 Å². The van der Waals surface area contributed by atoms with Crippen LogP contribution in [-0.4, -0.2) is 31.9 Å². The Labute approximate surface area is 100 Å². The number of benzene rings is 1. The van der Waals surface area contributed by atoms with E-state index in [9.17, 15) is 4.79 Å². The normalized spacial score (nSPS) is 11.2. The minimum atomic E-state index is -0.476. The number of carbonyl (C=O) groups excluding carboxylic acids is 1. The highest BCUT2D eigenvalue weighted by Gasteiger charge is 2.14. The van der Waals surface area contributed by atoms with Crippen LogP contribution in [0.4, 0.5) is 0 Å². The smallest absolute Gasteiger partial charge is 0.338 e. The maximum atomic E-state index is 11.6. The van der Waals surface area contributed by atoms with Crippen molar-refractivity contribution in [2.24, 2.45) is 0 Å². The second-order valence-corrected chi connectivity index (χ2v) is 3.47. The van der Waals surface area contributed by atoms with Crippen molar-refractivity contribution in [2.75, 3.05) is 20.8 Å². The molecule has 0 unspecified atom stereocenters. The van der Waals surface area contributed by atoms with E-state index in [1.54, 1.807) is 13.2 Å². The Bertz CT molecular complexity index is 435. The lowest BCUT2D eigenvalue weighted by Crippen LogP contribution is -2.06. The van der Waals surface area contributed by atoms with Crippen molar-refractivity contribution < 1.29 is 19.4 Å². The molecule has 0 bridgehead atoms. The number of hydrogen-bond acceptors (Lipinski definition) is 4. The minimum absolute atomic E-state index is 0.221. The Kier molecular flexibility index (Phi) is 4.72. The van der Waals surface area contributed by atoms with Crippen LogP contribution in [0.5, 0.6) is 5.75 Å². The van der Waals surface area contributed by atoms with Gasteiger partial charge in [0.25, 0.3) is 0 Å². The van der Waals surface area contributed by atoms with Crippen LogP contribution < -0.4 is 4.74 Å². The van der Waals surface area contributed by atoms with E-state index in [1.165, 1.54) is 13.2 Å². The van der Waals surface area contributed by atoms with Crippen molar-refractivity contribution in [3.63, 3.8) is 0 Å². The lowest BCUT2D eigenvalue weighted by molar-refractivity contribution is -0.133. The summed E-state index contributed by atoms with van der Waals surface area (Å²) in [6.07, 6.45) is 1.42. The number of hydrogen-bond donors (Lipinski definition) is 1. The SMILES string of the molecule is COC(=O)/C(=C/CO)c1cc(OC)ccc1C. The fourth-order valence-electron chi connectivity index (χ4n) is 1.52. The molecule has 4 nitrogen and oxygen atoms in total. The number of rotatable bonds is 4. The van der Waals surface area contributed by atoms with Crippen LogP contribution in [-0.2, 0) is 9.53 Å². The van der Waals surface area contributed by atoms with Crippen LogP contribution in [0.1, 0.15) is 11.1 Å². The molecule has 92 valence electrons. The Balaban J connectivity index is 3.27. The molecule has 0 aliphatic carbocycles. The number of aryl methyl sites for hydroxylation is 1. The lowest BCUT2D eigenvalue weighted by Gasteiger charge is -2.10. The summed E-state index contributed by atoms with van der Waals surface area (Å²) in [5.41, 5.74) is 1.95. The topological polar surface area (TPSA) is 55.8 Å². The van der Waals surface area contributed by atoms with Gasteiger partial charge in [-0.15, -0.1) is 0 Å². The van der Waals surface area contributed by atoms with Gasteiger partial charge in [0, 0.05) is 0 Å². The van der Waals surface area contributed by atoms with Crippen molar-refractivity contribution in [2.45, 2.75) is 6.92 Å². The van der Waals surface area contributed by atoms with Gasteiger partial charge in [0.05, 0.1) is 26.4 Å². The van der Waals surface area contributed by atoms with Crippen LogP contribution in [0, 0.1) is 6.92 Å². The zero-order valence-electron chi connectivity index (χ0n) is 10.2. The average molecular weight is 236 g/mol. The Morgan fingerprint density at radius 1 is 1.41 bits per heavy atom. The van der Waals surface area contributed by atoms with Crippen LogP contribution >= 0.6 is 0 Å². The summed E-state index contributed by atoms with van der Waals surface area (Å²) in [5.74, 6) is 0.175. The summed E-state index contributed by atoms with van der Waals surface area (Å²) in [6.45, 7) is 1.66. The molecule has 4 heteroatoms. The van der Waals surface area contributed by atoms with Gasteiger partial charge >= 0.3 is 5.97 Å². The average Bonchev–Trinajstić information content (AvgIpc) is 2.36. The number of methoxy groups -OCH3 is 2. The van der Waals surface area contributed by atoms with Gasteiger partial charge in [-0.1, -0.05) is 6.07 Å². The number of ether oxygens (including phenoxy) is 2. The van der Waals surface area contributed by atoms with Crippen LogP contribution in [0.25, 0.3) is 5.57 Å². The molecule has 1 aromatic carbocycles. The molecule has 0 radical (unpaired) electrons. The molecule has 0 spiro atoms. The van der Waals surface area contributed by atoms with E-state index in [0.717, 1.165) is 5.56 Å². The summed E-state index contributed by atoms with van der Waals surface area (Å²) in [5, 5.41) is 8.94. The largest absolute Gasteiger partial charge is 0.497 e. The third-order valence-electron chi connectivity index (χ3n) is 2.44. The van der Waals surface area contributed by atoms with Crippen molar-refractivity contribution in [3.05, 3.63) is 35.4 Å². The Hall–Kier alpha value is -1.81. The number of carbonyl (C=O) groups is 1. The van der Waals surface area contributed by atoms with Gasteiger partial charge in [-0.05, 0) is 36.3 Å². The second kappa shape index (κ2) is 6.06. The monoisotopic (exact) mass is 236 g/mol. The summed E-state index contributed by atoms with van der Waals surface area (Å²) < 4.78 is 9.80. The molecule has 1 rings (SSSR count). The molecule has 1 aromatic rings. The maximum Gasteiger partial charge on any atom is 0.338 e. The fraction of sp³-hybridized carbons (Fsp3) is 0.308. The zero-order chi connectivity index (χ0) is 12.8. The lowest BCUT2D eigenvalue weighted by atomic mass is 10.00. The zero-order valence-corrected chi connectivity index (χ0v) is 10.2. The van der Waals surface area contributed by atoms with E-state index in [-0.39, 0.29) is 6.61 Å². The molecule has 0 heterocycles. The highest BCUT2D eigenvalue weighted by atomic mass is 16.5. The summed E-state index contributed by atoms with van der Waals surface area (Å²) in [4.78, 5) is 11.6. The number of aliphatic hydroxyl groups is 1. The van der Waals surface area contributed by atoms with Gasteiger partial charge < -0.3 is 14.6 Å². The van der Waals surface area contributed by atoms with Crippen LogP contribution in [0.15, 0.2) is 24.3 Å². The van der Waals surface area contributed by atoms with Gasteiger partial charge in [0.15, 0.2) is 0 Å². The fourth-order valence-corrected chi connectivity index (χ4v) is 1.52. The standard InChI is InChI=1S/C13H16O4/c1-9-4-5-10(16-2)8-12(9)11(6-7-14)13(15)17-3/h4-6,8,14H,7H2,1-3H3/b11-6+. The van der Waals surface area contributed by atoms with E-state index in [1.807, 2.05) is 19.1 Å². The predicted molar refractivity (Wildman–Crippen MR) is 64.8 cm³/mol. The number of esters is 1. The van der Waals surface area contributed by atoms with Gasteiger partial charge in [0.2, 0.25) is 0 Å². The Morgan fingerprint density at radius 2 is 2.12 bits per heavy atom. The molecule has 0 fully saturated rings. The second-order valence-electron chi connectivity index (χ2n) is 3.47. The highest BCUT2D eigenvalue weighted by molar-refractivity contribution is 6.16. The van der Waals surface area contributed by atoms with Crippen molar-refractivity contribution in [3.8, 4) is 5.75 Å². The third kappa shape index (κ3) is 3.07. The first-order chi connectivity index (χ1) is 8.13. The Morgan fingerprint density at radius 3 is 2.65 bits per heavy atom. The first-order valence-electron chi connectivity index (χ1n) is 5.18. The van der Waals surface area contributed by atoms with Gasteiger partial charge in [0.1, 0.15) is 5.75 Å². The molecule has 17 heavy (non-hydrogen) atoms. The molecular weight excluding hydrogens is 220 g/mol.